The highest BCUT2D eigenvalue weighted by atomic mass is 32.1. The summed E-state index contributed by atoms with van der Waals surface area (Å²) >= 11 is 1.63. The van der Waals surface area contributed by atoms with Crippen molar-refractivity contribution in [3.8, 4) is 17.1 Å². The van der Waals surface area contributed by atoms with Gasteiger partial charge in [0.1, 0.15) is 11.6 Å². The smallest absolute Gasteiger partial charge is 0.186 e. The number of thiophene rings is 1. The highest BCUT2D eigenvalue weighted by Gasteiger charge is 2.12. The minimum atomic E-state index is 0.739. The maximum Gasteiger partial charge on any atom is 0.186 e. The molecule has 0 aliphatic carbocycles. The van der Waals surface area contributed by atoms with Gasteiger partial charge in [0.15, 0.2) is 11.5 Å². The zero-order valence-electron chi connectivity index (χ0n) is 14.0. The average molecular weight is 351 g/mol. The molecule has 0 N–H and O–H groups in total. The molecule has 0 unspecified atom stereocenters. The summed E-state index contributed by atoms with van der Waals surface area (Å²) in [6.07, 6.45) is 0. The van der Waals surface area contributed by atoms with Crippen molar-refractivity contribution in [1.82, 2.24) is 19.8 Å². The van der Waals surface area contributed by atoms with Gasteiger partial charge >= 0.3 is 0 Å². The third kappa shape index (κ3) is 3.06. The van der Waals surface area contributed by atoms with E-state index in [9.17, 15) is 0 Å². The van der Waals surface area contributed by atoms with Crippen LogP contribution in [0.5, 0.6) is 5.75 Å². The first-order valence-electron chi connectivity index (χ1n) is 7.84. The molecule has 0 saturated carbocycles. The number of rotatable bonds is 5. The van der Waals surface area contributed by atoms with E-state index in [0.29, 0.717) is 0 Å². The van der Waals surface area contributed by atoms with Gasteiger partial charge in [-0.25, -0.2) is 0 Å². The zero-order chi connectivity index (χ0) is 17.2. The molecule has 126 valence electrons. The molecule has 6 nitrogen and oxygen atoms in total. The SMILES string of the molecule is COc1ccc(CN(C)c2ccc3nnc(-c4ccsc4)n3n2)cc1. The van der Waals surface area contributed by atoms with Crippen molar-refractivity contribution in [2.24, 2.45) is 0 Å². The second-order valence-electron chi connectivity index (χ2n) is 5.70. The van der Waals surface area contributed by atoms with Gasteiger partial charge in [-0.2, -0.15) is 15.9 Å². The molecular formula is C18H17N5OS. The van der Waals surface area contributed by atoms with Crippen molar-refractivity contribution < 1.29 is 4.74 Å². The lowest BCUT2D eigenvalue weighted by Crippen LogP contribution is -2.18. The Morgan fingerprint density at radius 3 is 2.64 bits per heavy atom. The Kier molecular flexibility index (Phi) is 4.07. The normalized spacial score (nSPS) is 11.0. The molecule has 0 radical (unpaired) electrons. The summed E-state index contributed by atoms with van der Waals surface area (Å²) in [5.74, 6) is 2.48. The summed E-state index contributed by atoms with van der Waals surface area (Å²) in [4.78, 5) is 2.10. The number of ether oxygens (including phenoxy) is 1. The van der Waals surface area contributed by atoms with Gasteiger partial charge in [-0.1, -0.05) is 12.1 Å². The predicted molar refractivity (Wildman–Crippen MR) is 99.2 cm³/mol. The topological polar surface area (TPSA) is 55.5 Å². The number of benzene rings is 1. The second-order valence-corrected chi connectivity index (χ2v) is 6.48. The molecule has 0 fully saturated rings. The van der Waals surface area contributed by atoms with Crippen molar-refractivity contribution in [2.45, 2.75) is 6.54 Å². The quantitative estimate of drug-likeness (QED) is 0.551. The number of hydrogen-bond donors (Lipinski definition) is 0. The standard InChI is InChI=1S/C18H17N5OS/c1-22(11-13-3-5-15(24-2)6-4-13)17-8-7-16-19-20-18(23(16)21-17)14-9-10-25-12-14/h3-10,12H,11H2,1-2H3. The minimum Gasteiger partial charge on any atom is -0.497 e. The van der Waals surface area contributed by atoms with Crippen LogP contribution in [-0.4, -0.2) is 34.0 Å². The Balaban J connectivity index is 1.62. The number of methoxy groups -OCH3 is 1. The lowest BCUT2D eigenvalue weighted by Gasteiger charge is -2.18. The Bertz CT molecular complexity index is 979. The third-order valence-electron chi connectivity index (χ3n) is 4.00. The number of anilines is 1. The van der Waals surface area contributed by atoms with Gasteiger partial charge in [0.2, 0.25) is 0 Å². The third-order valence-corrected chi connectivity index (χ3v) is 4.68. The molecule has 3 aromatic heterocycles. The van der Waals surface area contributed by atoms with Crippen LogP contribution < -0.4 is 9.64 Å². The first-order chi connectivity index (χ1) is 12.2. The van der Waals surface area contributed by atoms with Crippen LogP contribution in [0, 0.1) is 0 Å². The maximum absolute atomic E-state index is 5.20. The molecule has 7 heteroatoms. The summed E-state index contributed by atoms with van der Waals surface area (Å²) < 4.78 is 7.00. The van der Waals surface area contributed by atoms with E-state index in [1.54, 1.807) is 23.0 Å². The molecule has 0 aliphatic heterocycles. The molecule has 0 aliphatic rings. The van der Waals surface area contributed by atoms with Crippen molar-refractivity contribution >= 4 is 22.8 Å². The van der Waals surface area contributed by atoms with Crippen LogP contribution in [0.1, 0.15) is 5.56 Å². The van der Waals surface area contributed by atoms with E-state index < -0.39 is 0 Å². The average Bonchev–Trinajstić information content (AvgIpc) is 3.31. The van der Waals surface area contributed by atoms with Gasteiger partial charge in [-0.15, -0.1) is 15.3 Å². The fraction of sp³-hybridized carbons (Fsp3) is 0.167. The Morgan fingerprint density at radius 2 is 1.92 bits per heavy atom. The summed E-state index contributed by atoms with van der Waals surface area (Å²) in [6, 6.07) is 14.0. The van der Waals surface area contributed by atoms with E-state index in [1.165, 1.54) is 5.56 Å². The Labute approximate surface area is 149 Å². The van der Waals surface area contributed by atoms with Gasteiger partial charge in [0.25, 0.3) is 0 Å². The Morgan fingerprint density at radius 1 is 1.08 bits per heavy atom. The van der Waals surface area contributed by atoms with Gasteiger partial charge in [0.05, 0.1) is 7.11 Å². The molecule has 25 heavy (non-hydrogen) atoms. The molecule has 0 saturated heterocycles. The van der Waals surface area contributed by atoms with Crippen LogP contribution in [-0.2, 0) is 6.54 Å². The van der Waals surface area contributed by atoms with Crippen molar-refractivity contribution in [3.05, 3.63) is 58.8 Å². The fourth-order valence-corrected chi connectivity index (χ4v) is 3.27. The molecule has 0 spiro atoms. The fourth-order valence-electron chi connectivity index (χ4n) is 2.64. The number of nitrogens with zero attached hydrogens (tertiary/aromatic N) is 5. The van der Waals surface area contributed by atoms with E-state index in [4.69, 9.17) is 9.84 Å². The number of aromatic nitrogens is 4. The molecule has 4 rings (SSSR count). The van der Waals surface area contributed by atoms with Gasteiger partial charge in [-0.3, -0.25) is 0 Å². The second kappa shape index (κ2) is 6.52. The zero-order valence-corrected chi connectivity index (χ0v) is 14.8. The van der Waals surface area contributed by atoms with Crippen LogP contribution in [0.15, 0.2) is 53.2 Å². The molecule has 3 heterocycles. The van der Waals surface area contributed by atoms with E-state index in [2.05, 4.69) is 27.2 Å². The lowest BCUT2D eigenvalue weighted by molar-refractivity contribution is 0.414. The van der Waals surface area contributed by atoms with Crippen LogP contribution in [0.2, 0.25) is 0 Å². The van der Waals surface area contributed by atoms with E-state index in [0.717, 1.165) is 35.1 Å². The van der Waals surface area contributed by atoms with Gasteiger partial charge in [0, 0.05) is 24.5 Å². The summed E-state index contributed by atoms with van der Waals surface area (Å²) in [7, 11) is 3.69. The largest absolute Gasteiger partial charge is 0.497 e. The van der Waals surface area contributed by atoms with Gasteiger partial charge in [-0.05, 0) is 41.3 Å². The van der Waals surface area contributed by atoms with Crippen LogP contribution in [0.25, 0.3) is 17.0 Å². The predicted octanol–water partition coefficient (Wildman–Crippen LogP) is 3.50. The van der Waals surface area contributed by atoms with Crippen molar-refractivity contribution in [3.63, 3.8) is 0 Å². The van der Waals surface area contributed by atoms with Gasteiger partial charge < -0.3 is 9.64 Å². The molecular weight excluding hydrogens is 334 g/mol. The van der Waals surface area contributed by atoms with Crippen LogP contribution >= 0.6 is 11.3 Å². The monoisotopic (exact) mass is 351 g/mol. The van der Waals surface area contributed by atoms with Crippen molar-refractivity contribution in [2.75, 3.05) is 19.1 Å². The van der Waals surface area contributed by atoms with Crippen LogP contribution in [0.3, 0.4) is 0 Å². The molecule has 4 aromatic rings. The number of hydrogen-bond acceptors (Lipinski definition) is 6. The summed E-state index contributed by atoms with van der Waals surface area (Å²) in [5, 5.41) is 17.3. The molecule has 0 amide bonds. The Hall–Kier alpha value is -2.93. The summed E-state index contributed by atoms with van der Waals surface area (Å²) in [5.41, 5.74) is 2.95. The maximum atomic E-state index is 5.20. The first kappa shape index (κ1) is 15.6. The van der Waals surface area contributed by atoms with E-state index >= 15 is 0 Å². The molecule has 0 atom stereocenters. The molecule has 0 bridgehead atoms. The van der Waals surface area contributed by atoms with Crippen LogP contribution in [0.4, 0.5) is 5.82 Å². The highest BCUT2D eigenvalue weighted by Crippen LogP contribution is 2.22. The summed E-state index contributed by atoms with van der Waals surface area (Å²) in [6.45, 7) is 0.748. The lowest BCUT2D eigenvalue weighted by atomic mass is 10.2. The van der Waals surface area contributed by atoms with E-state index in [-0.39, 0.29) is 0 Å². The molecule has 1 aromatic carbocycles. The van der Waals surface area contributed by atoms with Crippen molar-refractivity contribution in [1.29, 1.82) is 0 Å². The first-order valence-corrected chi connectivity index (χ1v) is 8.78. The highest BCUT2D eigenvalue weighted by molar-refractivity contribution is 7.08. The number of fused-ring (bicyclic) bond motifs is 1. The minimum absolute atomic E-state index is 0.739. The van der Waals surface area contributed by atoms with E-state index in [1.807, 2.05) is 48.1 Å².